The van der Waals surface area contributed by atoms with Crippen LogP contribution in [0.25, 0.3) is 0 Å². The van der Waals surface area contributed by atoms with Crippen LogP contribution in [0.3, 0.4) is 0 Å². The van der Waals surface area contributed by atoms with Crippen LogP contribution in [0.5, 0.6) is 0 Å². The first-order chi connectivity index (χ1) is 12.8. The third kappa shape index (κ3) is 5.43. The number of rotatable bonds is 7. The molecule has 1 aromatic carbocycles. The van der Waals surface area contributed by atoms with Crippen LogP contribution in [0.1, 0.15) is 52.4 Å². The van der Waals surface area contributed by atoms with Crippen molar-refractivity contribution >= 4 is 21.7 Å². The second-order valence-corrected chi connectivity index (χ2v) is 9.34. The average molecular weight is 397 g/mol. The summed E-state index contributed by atoms with van der Waals surface area (Å²) in [6, 6.07) is 6.69. The van der Waals surface area contributed by atoms with Gasteiger partial charge in [-0.25, -0.2) is 17.9 Å². The lowest BCUT2D eigenvalue weighted by Gasteiger charge is -2.22. The van der Waals surface area contributed by atoms with Crippen LogP contribution in [0, 0.1) is 0 Å². The van der Waals surface area contributed by atoms with Gasteiger partial charge in [0.05, 0.1) is 4.90 Å². The molecule has 1 atom stereocenters. The Balaban J connectivity index is 1.50. The van der Waals surface area contributed by atoms with Crippen molar-refractivity contribution in [2.75, 3.05) is 11.9 Å². The molecule has 2 fully saturated rings. The van der Waals surface area contributed by atoms with Gasteiger partial charge in [0.15, 0.2) is 6.10 Å². The molecular formula is C19H28N2O5S. The first kappa shape index (κ1) is 20.1. The first-order valence-electron chi connectivity index (χ1n) is 9.52. The van der Waals surface area contributed by atoms with E-state index in [0.717, 1.165) is 31.4 Å². The lowest BCUT2D eigenvalue weighted by atomic mass is 9.96. The SMILES string of the molecule is CC1(C)OC(=O)[C@@H](CCNc2ccc(S(=O)(=O)NC3CCCCC3)cc2)O1. The minimum atomic E-state index is -3.49. The van der Waals surface area contributed by atoms with Crippen molar-refractivity contribution in [2.24, 2.45) is 0 Å². The smallest absolute Gasteiger partial charge is 0.337 e. The summed E-state index contributed by atoms with van der Waals surface area (Å²) in [6.45, 7) is 3.93. The number of sulfonamides is 1. The molecule has 7 nitrogen and oxygen atoms in total. The fourth-order valence-corrected chi connectivity index (χ4v) is 4.81. The summed E-state index contributed by atoms with van der Waals surface area (Å²) >= 11 is 0. The molecular weight excluding hydrogens is 368 g/mol. The van der Waals surface area contributed by atoms with Gasteiger partial charge in [-0.3, -0.25) is 0 Å². The van der Waals surface area contributed by atoms with Gasteiger partial charge in [-0.05, 0) is 37.1 Å². The maximum Gasteiger partial charge on any atom is 0.337 e. The minimum Gasteiger partial charge on any atom is -0.432 e. The molecule has 0 radical (unpaired) electrons. The predicted octanol–water partition coefficient (Wildman–Crippen LogP) is 2.78. The highest BCUT2D eigenvalue weighted by atomic mass is 32.2. The van der Waals surface area contributed by atoms with Gasteiger partial charge in [-0.2, -0.15) is 0 Å². The standard InChI is InChI=1S/C19H28N2O5S/c1-19(2)25-17(18(22)26-19)12-13-20-14-8-10-16(11-9-14)27(23,24)21-15-6-4-3-5-7-15/h8-11,15,17,20-21H,3-7,12-13H2,1-2H3/t17-/m1/s1. The van der Waals surface area contributed by atoms with Crippen LogP contribution in [0.2, 0.25) is 0 Å². The van der Waals surface area contributed by atoms with E-state index in [4.69, 9.17) is 9.47 Å². The Labute approximate surface area is 160 Å². The number of anilines is 1. The van der Waals surface area contributed by atoms with Crippen LogP contribution in [0.15, 0.2) is 29.2 Å². The molecule has 3 rings (SSSR count). The number of carbonyl (C=O) groups excluding carboxylic acids is 1. The van der Waals surface area contributed by atoms with Gasteiger partial charge < -0.3 is 14.8 Å². The molecule has 0 aromatic heterocycles. The van der Waals surface area contributed by atoms with Gasteiger partial charge in [-0.15, -0.1) is 0 Å². The number of nitrogens with one attached hydrogen (secondary N) is 2. The van der Waals surface area contributed by atoms with Crippen LogP contribution < -0.4 is 10.0 Å². The maximum absolute atomic E-state index is 12.5. The summed E-state index contributed by atoms with van der Waals surface area (Å²) in [7, 11) is -3.49. The summed E-state index contributed by atoms with van der Waals surface area (Å²) in [6.07, 6.45) is 5.04. The summed E-state index contributed by atoms with van der Waals surface area (Å²) in [5.41, 5.74) is 0.789. The zero-order chi connectivity index (χ0) is 19.5. The van der Waals surface area contributed by atoms with Crippen molar-refractivity contribution in [3.05, 3.63) is 24.3 Å². The quantitative estimate of drug-likeness (QED) is 0.689. The fraction of sp³-hybridized carbons (Fsp3) is 0.632. The second kappa shape index (κ2) is 8.16. The van der Waals surface area contributed by atoms with E-state index in [2.05, 4.69) is 10.0 Å². The zero-order valence-electron chi connectivity index (χ0n) is 15.9. The van der Waals surface area contributed by atoms with Gasteiger partial charge >= 0.3 is 5.97 Å². The second-order valence-electron chi connectivity index (χ2n) is 7.62. The van der Waals surface area contributed by atoms with E-state index < -0.39 is 21.9 Å². The highest BCUT2D eigenvalue weighted by molar-refractivity contribution is 7.89. The summed E-state index contributed by atoms with van der Waals surface area (Å²) in [5.74, 6) is -1.22. The number of hydrogen-bond acceptors (Lipinski definition) is 6. The fourth-order valence-electron chi connectivity index (χ4n) is 3.51. The van der Waals surface area contributed by atoms with Gasteiger partial charge in [0.25, 0.3) is 0 Å². The Hall–Kier alpha value is -1.64. The zero-order valence-corrected chi connectivity index (χ0v) is 16.7. The van der Waals surface area contributed by atoms with Crippen molar-refractivity contribution in [3.8, 4) is 0 Å². The van der Waals surface area contributed by atoms with Crippen molar-refractivity contribution < 1.29 is 22.7 Å². The number of cyclic esters (lactones) is 1. The molecule has 2 N–H and O–H groups in total. The lowest BCUT2D eigenvalue weighted by Crippen LogP contribution is -2.36. The van der Waals surface area contributed by atoms with Gasteiger partial charge in [-0.1, -0.05) is 19.3 Å². The van der Waals surface area contributed by atoms with Crippen molar-refractivity contribution in [1.82, 2.24) is 4.72 Å². The van der Waals surface area contributed by atoms with E-state index in [1.165, 1.54) is 6.42 Å². The molecule has 1 aliphatic heterocycles. The Bertz CT molecular complexity index is 755. The molecule has 0 spiro atoms. The van der Waals surface area contributed by atoms with E-state index >= 15 is 0 Å². The predicted molar refractivity (Wildman–Crippen MR) is 102 cm³/mol. The first-order valence-corrected chi connectivity index (χ1v) is 11.0. The largest absolute Gasteiger partial charge is 0.432 e. The molecule has 0 amide bonds. The third-order valence-corrected chi connectivity index (χ3v) is 6.40. The van der Waals surface area contributed by atoms with Crippen LogP contribution in [-0.4, -0.2) is 38.9 Å². The van der Waals surface area contributed by atoms with Gasteiger partial charge in [0.2, 0.25) is 15.8 Å². The molecule has 27 heavy (non-hydrogen) atoms. The third-order valence-electron chi connectivity index (χ3n) is 4.86. The highest BCUT2D eigenvalue weighted by Crippen LogP contribution is 2.25. The molecule has 1 aliphatic carbocycles. The molecule has 0 bridgehead atoms. The minimum absolute atomic E-state index is 0.0389. The van der Waals surface area contributed by atoms with Crippen molar-refractivity contribution in [1.29, 1.82) is 0 Å². The van der Waals surface area contributed by atoms with Crippen LogP contribution >= 0.6 is 0 Å². The topological polar surface area (TPSA) is 93.7 Å². The Morgan fingerprint density at radius 3 is 2.37 bits per heavy atom. The van der Waals surface area contributed by atoms with E-state index in [-0.39, 0.29) is 16.9 Å². The number of ether oxygens (including phenoxy) is 2. The monoisotopic (exact) mass is 396 g/mol. The Morgan fingerprint density at radius 1 is 1.11 bits per heavy atom. The summed E-state index contributed by atoms with van der Waals surface area (Å²) < 4.78 is 38.5. The van der Waals surface area contributed by atoms with Gasteiger partial charge in [0.1, 0.15) is 0 Å². The Kier molecular flexibility index (Phi) is 6.08. The average Bonchev–Trinajstić information content (AvgIpc) is 2.88. The maximum atomic E-state index is 12.5. The number of hydrogen-bond donors (Lipinski definition) is 2. The van der Waals surface area contributed by atoms with Crippen molar-refractivity contribution in [3.63, 3.8) is 0 Å². The van der Waals surface area contributed by atoms with Crippen LogP contribution in [-0.2, 0) is 24.3 Å². The molecule has 1 saturated heterocycles. The molecule has 1 heterocycles. The molecule has 2 aliphatic rings. The molecule has 1 saturated carbocycles. The molecule has 150 valence electrons. The molecule has 1 aromatic rings. The number of esters is 1. The lowest BCUT2D eigenvalue weighted by molar-refractivity contribution is -0.160. The van der Waals surface area contributed by atoms with Crippen LogP contribution in [0.4, 0.5) is 5.69 Å². The summed E-state index contributed by atoms with van der Waals surface area (Å²) in [4.78, 5) is 12.0. The number of benzene rings is 1. The van der Waals surface area contributed by atoms with E-state index in [1.54, 1.807) is 38.1 Å². The Morgan fingerprint density at radius 2 is 1.78 bits per heavy atom. The highest BCUT2D eigenvalue weighted by Gasteiger charge is 2.40. The van der Waals surface area contributed by atoms with E-state index in [9.17, 15) is 13.2 Å². The van der Waals surface area contributed by atoms with Crippen molar-refractivity contribution in [2.45, 2.75) is 75.2 Å². The normalized spacial score (nSPS) is 23.2. The van der Waals surface area contributed by atoms with E-state index in [1.807, 2.05) is 0 Å². The van der Waals surface area contributed by atoms with E-state index in [0.29, 0.717) is 13.0 Å². The summed E-state index contributed by atoms with van der Waals surface area (Å²) in [5, 5.41) is 3.18. The van der Waals surface area contributed by atoms with Gasteiger partial charge in [0, 0.05) is 38.5 Å². The number of carbonyl (C=O) groups is 1. The molecule has 8 heteroatoms. The molecule has 0 unspecified atom stereocenters.